The Labute approximate surface area is 126 Å². The summed E-state index contributed by atoms with van der Waals surface area (Å²) in [5, 5.41) is 3.24. The van der Waals surface area contributed by atoms with Gasteiger partial charge in [0.15, 0.2) is 11.5 Å². The van der Waals surface area contributed by atoms with Crippen molar-refractivity contribution in [3.63, 3.8) is 0 Å². The van der Waals surface area contributed by atoms with E-state index in [4.69, 9.17) is 14.2 Å². The van der Waals surface area contributed by atoms with E-state index in [0.29, 0.717) is 18.0 Å². The Balaban J connectivity index is 2.89. The zero-order valence-corrected chi connectivity index (χ0v) is 13.6. The van der Waals surface area contributed by atoms with Crippen LogP contribution in [0.3, 0.4) is 0 Å². The molecule has 0 saturated carbocycles. The van der Waals surface area contributed by atoms with Crippen LogP contribution in [0.25, 0.3) is 0 Å². The molecule has 5 heteroatoms. The lowest BCUT2D eigenvalue weighted by molar-refractivity contribution is -0.144. The first-order chi connectivity index (χ1) is 9.94. The van der Waals surface area contributed by atoms with Crippen molar-refractivity contribution in [3.05, 3.63) is 23.3 Å². The van der Waals surface area contributed by atoms with Crippen LogP contribution >= 0.6 is 0 Å². The smallest absolute Gasteiger partial charge is 0.323 e. The van der Waals surface area contributed by atoms with Crippen molar-refractivity contribution in [1.29, 1.82) is 0 Å². The Morgan fingerprint density at radius 2 is 1.71 bits per heavy atom. The maximum Gasteiger partial charge on any atom is 0.323 e. The monoisotopic (exact) mass is 295 g/mol. The van der Waals surface area contributed by atoms with E-state index in [2.05, 4.69) is 5.32 Å². The molecule has 1 unspecified atom stereocenters. The quantitative estimate of drug-likeness (QED) is 0.782. The number of rotatable bonds is 7. The zero-order chi connectivity index (χ0) is 16.0. The molecule has 1 aromatic carbocycles. The van der Waals surface area contributed by atoms with E-state index in [9.17, 15) is 4.79 Å². The fraction of sp³-hybridized carbons (Fsp3) is 0.562. The number of carbonyl (C=O) groups excluding carboxylic acids is 1. The highest BCUT2D eigenvalue weighted by Crippen LogP contribution is 2.30. The average Bonchev–Trinajstić information content (AvgIpc) is 2.47. The van der Waals surface area contributed by atoms with E-state index in [1.165, 1.54) is 7.11 Å². The zero-order valence-electron chi connectivity index (χ0n) is 13.6. The Bertz CT molecular complexity index is 485. The topological polar surface area (TPSA) is 56.8 Å². The number of hydrogen-bond donors (Lipinski definition) is 1. The standard InChI is InChI=1S/C16H25NO4/c1-10(2)15(16(18)21-6)17-9-12-8-14(20-5)13(19-4)7-11(12)3/h7-8,10,15,17H,9H2,1-6H3. The molecular formula is C16H25NO4. The van der Waals surface area contributed by atoms with Gasteiger partial charge < -0.3 is 19.5 Å². The Morgan fingerprint density at radius 3 is 2.19 bits per heavy atom. The third-order valence-corrected chi connectivity index (χ3v) is 3.48. The number of nitrogens with one attached hydrogen (secondary N) is 1. The fourth-order valence-electron chi connectivity index (χ4n) is 2.15. The minimum absolute atomic E-state index is 0.151. The third kappa shape index (κ3) is 4.36. The molecule has 0 radical (unpaired) electrons. The minimum Gasteiger partial charge on any atom is -0.493 e. The SMILES string of the molecule is COC(=O)C(NCc1cc(OC)c(OC)cc1C)C(C)C. The number of esters is 1. The third-order valence-electron chi connectivity index (χ3n) is 3.48. The van der Waals surface area contributed by atoms with Gasteiger partial charge in [0.05, 0.1) is 21.3 Å². The van der Waals surface area contributed by atoms with Crippen LogP contribution in [0, 0.1) is 12.8 Å². The van der Waals surface area contributed by atoms with E-state index < -0.39 is 0 Å². The molecule has 1 atom stereocenters. The Kier molecular flexibility index (Phi) is 6.49. The summed E-state index contributed by atoms with van der Waals surface area (Å²) < 4.78 is 15.4. The Morgan fingerprint density at radius 1 is 1.14 bits per heavy atom. The molecule has 5 nitrogen and oxygen atoms in total. The van der Waals surface area contributed by atoms with Gasteiger partial charge >= 0.3 is 5.97 Å². The summed E-state index contributed by atoms with van der Waals surface area (Å²) in [4.78, 5) is 11.8. The lowest BCUT2D eigenvalue weighted by Gasteiger charge is -2.21. The second-order valence-corrected chi connectivity index (χ2v) is 5.26. The van der Waals surface area contributed by atoms with Crippen LogP contribution in [0.5, 0.6) is 11.5 Å². The van der Waals surface area contributed by atoms with Crippen molar-refractivity contribution < 1.29 is 19.0 Å². The second kappa shape index (κ2) is 7.88. The molecule has 0 aliphatic rings. The number of carbonyl (C=O) groups is 1. The summed E-state index contributed by atoms with van der Waals surface area (Å²) in [7, 11) is 4.62. The Hall–Kier alpha value is -1.75. The number of aryl methyl sites for hydroxylation is 1. The normalized spacial score (nSPS) is 12.1. The summed E-state index contributed by atoms with van der Waals surface area (Å²) >= 11 is 0. The molecule has 21 heavy (non-hydrogen) atoms. The maximum absolute atomic E-state index is 11.8. The van der Waals surface area contributed by atoms with Crippen molar-refractivity contribution in [2.45, 2.75) is 33.4 Å². The molecule has 0 heterocycles. The van der Waals surface area contributed by atoms with Crippen molar-refractivity contribution >= 4 is 5.97 Å². The first-order valence-corrected chi connectivity index (χ1v) is 6.97. The van der Waals surface area contributed by atoms with Crippen molar-refractivity contribution in [2.24, 2.45) is 5.92 Å². The maximum atomic E-state index is 11.8. The van der Waals surface area contributed by atoms with Crippen LogP contribution in [0.15, 0.2) is 12.1 Å². The summed E-state index contributed by atoms with van der Waals surface area (Å²) in [6.45, 7) is 6.53. The molecule has 1 rings (SSSR count). The molecule has 0 aliphatic carbocycles. The largest absolute Gasteiger partial charge is 0.493 e. The highest BCUT2D eigenvalue weighted by Gasteiger charge is 2.22. The van der Waals surface area contributed by atoms with Crippen molar-refractivity contribution in [2.75, 3.05) is 21.3 Å². The van der Waals surface area contributed by atoms with Gasteiger partial charge in [-0.05, 0) is 36.1 Å². The first kappa shape index (κ1) is 17.3. The van der Waals surface area contributed by atoms with E-state index in [0.717, 1.165) is 11.1 Å². The fourth-order valence-corrected chi connectivity index (χ4v) is 2.15. The van der Waals surface area contributed by atoms with Crippen LogP contribution in [0.2, 0.25) is 0 Å². The van der Waals surface area contributed by atoms with Gasteiger partial charge in [-0.3, -0.25) is 4.79 Å². The molecule has 0 saturated heterocycles. The van der Waals surface area contributed by atoms with E-state index in [1.54, 1.807) is 14.2 Å². The molecule has 0 amide bonds. The highest BCUT2D eigenvalue weighted by molar-refractivity contribution is 5.75. The van der Waals surface area contributed by atoms with E-state index in [-0.39, 0.29) is 17.9 Å². The molecule has 0 aliphatic heterocycles. The van der Waals surface area contributed by atoms with E-state index >= 15 is 0 Å². The molecule has 0 fully saturated rings. The predicted octanol–water partition coefficient (Wildman–Crippen LogP) is 2.30. The molecular weight excluding hydrogens is 270 g/mol. The lowest BCUT2D eigenvalue weighted by atomic mass is 10.0. The number of ether oxygens (including phenoxy) is 3. The van der Waals surface area contributed by atoms with Gasteiger partial charge in [-0.15, -0.1) is 0 Å². The van der Waals surface area contributed by atoms with Crippen LogP contribution in [-0.2, 0) is 16.1 Å². The van der Waals surface area contributed by atoms with Crippen molar-refractivity contribution in [1.82, 2.24) is 5.32 Å². The molecule has 0 aromatic heterocycles. The van der Waals surface area contributed by atoms with E-state index in [1.807, 2.05) is 32.9 Å². The van der Waals surface area contributed by atoms with Gasteiger partial charge in [0.1, 0.15) is 6.04 Å². The molecule has 1 aromatic rings. The van der Waals surface area contributed by atoms with Gasteiger partial charge in [-0.1, -0.05) is 13.8 Å². The molecule has 0 spiro atoms. The molecule has 118 valence electrons. The van der Waals surface area contributed by atoms with Gasteiger partial charge in [-0.2, -0.15) is 0 Å². The number of methoxy groups -OCH3 is 3. The molecule has 1 N–H and O–H groups in total. The number of benzene rings is 1. The summed E-state index contributed by atoms with van der Waals surface area (Å²) in [5.41, 5.74) is 2.13. The van der Waals surface area contributed by atoms with Crippen LogP contribution in [-0.4, -0.2) is 33.3 Å². The second-order valence-electron chi connectivity index (χ2n) is 5.26. The van der Waals surface area contributed by atoms with Gasteiger partial charge in [-0.25, -0.2) is 0 Å². The summed E-state index contributed by atoms with van der Waals surface area (Å²) in [5.74, 6) is 1.28. The van der Waals surface area contributed by atoms with Crippen molar-refractivity contribution in [3.8, 4) is 11.5 Å². The van der Waals surface area contributed by atoms with Crippen LogP contribution < -0.4 is 14.8 Å². The van der Waals surface area contributed by atoms with Gasteiger partial charge in [0.2, 0.25) is 0 Å². The van der Waals surface area contributed by atoms with Crippen LogP contribution in [0.1, 0.15) is 25.0 Å². The predicted molar refractivity (Wildman–Crippen MR) is 81.8 cm³/mol. The first-order valence-electron chi connectivity index (χ1n) is 6.97. The molecule has 0 bridgehead atoms. The van der Waals surface area contributed by atoms with Gasteiger partial charge in [0.25, 0.3) is 0 Å². The average molecular weight is 295 g/mol. The highest BCUT2D eigenvalue weighted by atomic mass is 16.5. The summed E-state index contributed by atoms with van der Waals surface area (Å²) in [6, 6.07) is 3.52. The summed E-state index contributed by atoms with van der Waals surface area (Å²) in [6.07, 6.45) is 0. The number of hydrogen-bond acceptors (Lipinski definition) is 5. The lowest BCUT2D eigenvalue weighted by Crippen LogP contribution is -2.41. The van der Waals surface area contributed by atoms with Crippen LogP contribution in [0.4, 0.5) is 0 Å². The van der Waals surface area contributed by atoms with Gasteiger partial charge in [0, 0.05) is 6.54 Å². The minimum atomic E-state index is -0.331.